The quantitative estimate of drug-likeness (QED) is 0.293. The fourth-order valence-electron chi connectivity index (χ4n) is 3.73. The second-order valence-electron chi connectivity index (χ2n) is 8.22. The Bertz CT molecular complexity index is 1410. The first kappa shape index (κ1) is 25.6. The lowest BCUT2D eigenvalue weighted by molar-refractivity contribution is -0.118. The highest BCUT2D eigenvalue weighted by molar-refractivity contribution is 7.91. The van der Waals surface area contributed by atoms with Crippen molar-refractivity contribution in [2.45, 2.75) is 31.2 Å². The van der Waals surface area contributed by atoms with Gasteiger partial charge in [-0.1, -0.05) is 29.0 Å². The Labute approximate surface area is 214 Å². The van der Waals surface area contributed by atoms with Gasteiger partial charge in [-0.05, 0) is 55.3 Å². The molecule has 4 rings (SSSR count). The van der Waals surface area contributed by atoms with Gasteiger partial charge in [0.25, 0.3) is 0 Å². The first-order chi connectivity index (χ1) is 17.3. The minimum atomic E-state index is -3.49. The highest BCUT2D eigenvalue weighted by Crippen LogP contribution is 2.40. The van der Waals surface area contributed by atoms with E-state index < -0.39 is 9.84 Å². The number of methoxy groups -OCH3 is 2. The largest absolute Gasteiger partial charge is 0.495 e. The number of hydrogen-bond donors (Lipinski definition) is 0. The van der Waals surface area contributed by atoms with Gasteiger partial charge in [-0.2, -0.15) is 0 Å². The zero-order valence-electron chi connectivity index (χ0n) is 20.3. The van der Waals surface area contributed by atoms with Gasteiger partial charge in [0, 0.05) is 18.8 Å². The average molecular weight is 526 g/mol. The summed E-state index contributed by atoms with van der Waals surface area (Å²) >= 11 is 1.33. The maximum Gasteiger partial charge on any atom is 0.229 e. The van der Waals surface area contributed by atoms with E-state index in [-0.39, 0.29) is 35.9 Å². The molecule has 0 fully saturated rings. The number of aryl methyl sites for hydroxylation is 1. The third-order valence-electron chi connectivity index (χ3n) is 5.70. The molecule has 0 saturated carbocycles. The molecule has 10 heteroatoms. The minimum absolute atomic E-state index is 0.0559. The van der Waals surface area contributed by atoms with E-state index >= 15 is 0 Å². The van der Waals surface area contributed by atoms with Gasteiger partial charge in [-0.15, -0.1) is 0 Å². The monoisotopic (exact) mass is 525 g/mol. The van der Waals surface area contributed by atoms with Gasteiger partial charge in [0.05, 0.1) is 31.4 Å². The van der Waals surface area contributed by atoms with E-state index in [4.69, 9.17) is 14.5 Å². The van der Waals surface area contributed by atoms with Crippen molar-refractivity contribution in [1.82, 2.24) is 9.97 Å². The van der Waals surface area contributed by atoms with E-state index in [1.807, 2.05) is 19.1 Å². The van der Waals surface area contributed by atoms with Gasteiger partial charge < -0.3 is 9.47 Å². The third kappa shape index (κ3) is 5.66. The van der Waals surface area contributed by atoms with E-state index in [0.717, 1.165) is 15.8 Å². The number of benzene rings is 2. The van der Waals surface area contributed by atoms with E-state index in [1.54, 1.807) is 67.9 Å². The molecule has 188 valence electrons. The normalized spacial score (nSPS) is 11.4. The number of aromatic nitrogens is 2. The van der Waals surface area contributed by atoms with Crippen LogP contribution < -0.4 is 14.4 Å². The van der Waals surface area contributed by atoms with Crippen molar-refractivity contribution in [3.63, 3.8) is 0 Å². The molecular weight excluding hydrogens is 498 g/mol. The summed E-state index contributed by atoms with van der Waals surface area (Å²) in [5.41, 5.74) is 2.47. The number of pyridine rings is 1. The summed E-state index contributed by atoms with van der Waals surface area (Å²) in [6.07, 6.45) is 3.58. The maximum absolute atomic E-state index is 13.4. The molecule has 0 aliphatic rings. The Morgan fingerprint density at radius 3 is 2.31 bits per heavy atom. The number of ether oxygens (including phenoxy) is 2. The van der Waals surface area contributed by atoms with Gasteiger partial charge in [0.2, 0.25) is 5.91 Å². The molecule has 0 aliphatic heterocycles. The number of hydrogen-bond acceptors (Lipinski definition) is 8. The lowest BCUT2D eigenvalue weighted by atomic mass is 10.2. The summed E-state index contributed by atoms with van der Waals surface area (Å²) < 4.78 is 37.2. The van der Waals surface area contributed by atoms with Crippen molar-refractivity contribution < 1.29 is 22.7 Å². The molecule has 8 nitrogen and oxygen atoms in total. The van der Waals surface area contributed by atoms with Crippen molar-refractivity contribution in [2.24, 2.45) is 0 Å². The number of carbonyl (C=O) groups is 1. The van der Waals surface area contributed by atoms with Crippen LogP contribution in [0, 0.1) is 6.92 Å². The highest BCUT2D eigenvalue weighted by Gasteiger charge is 2.24. The molecule has 2 heterocycles. The summed E-state index contributed by atoms with van der Waals surface area (Å²) in [7, 11) is -0.343. The highest BCUT2D eigenvalue weighted by atomic mass is 32.2. The molecule has 0 radical (unpaired) electrons. The van der Waals surface area contributed by atoms with Crippen LogP contribution in [0.25, 0.3) is 10.2 Å². The predicted molar refractivity (Wildman–Crippen MR) is 141 cm³/mol. The second kappa shape index (κ2) is 11.0. The number of fused-ring (bicyclic) bond motifs is 1. The van der Waals surface area contributed by atoms with Gasteiger partial charge in [-0.3, -0.25) is 14.7 Å². The lowest BCUT2D eigenvalue weighted by Crippen LogP contribution is -2.30. The van der Waals surface area contributed by atoms with E-state index in [2.05, 4.69) is 4.98 Å². The van der Waals surface area contributed by atoms with Crippen LogP contribution in [0.2, 0.25) is 0 Å². The summed E-state index contributed by atoms with van der Waals surface area (Å²) in [6, 6.07) is 14.0. The van der Waals surface area contributed by atoms with E-state index in [9.17, 15) is 13.2 Å². The molecule has 0 atom stereocenters. The van der Waals surface area contributed by atoms with Gasteiger partial charge in [0.1, 0.15) is 21.7 Å². The van der Waals surface area contributed by atoms with Crippen molar-refractivity contribution in [3.8, 4) is 11.5 Å². The number of rotatable bonds is 10. The number of nitrogens with zero attached hydrogens (tertiary/aromatic N) is 3. The molecule has 0 bridgehead atoms. The molecular formula is C26H27N3O5S2. The molecule has 2 aromatic carbocycles. The first-order valence-electron chi connectivity index (χ1n) is 11.3. The fourth-order valence-corrected chi connectivity index (χ4v) is 6.14. The minimum Gasteiger partial charge on any atom is -0.495 e. The Hall–Kier alpha value is -3.50. The van der Waals surface area contributed by atoms with Crippen molar-refractivity contribution in [3.05, 3.63) is 72.1 Å². The fraction of sp³-hybridized carbons (Fsp3) is 0.269. The summed E-state index contributed by atoms with van der Waals surface area (Å²) in [4.78, 5) is 24.0. The molecule has 4 aromatic rings. The number of sulfone groups is 1. The zero-order chi connectivity index (χ0) is 25.7. The Morgan fingerprint density at radius 1 is 0.972 bits per heavy atom. The first-order valence-corrected chi connectivity index (χ1v) is 13.8. The lowest BCUT2D eigenvalue weighted by Gasteiger charge is -2.20. The SMILES string of the molecule is COc1ccc(OC)c2sc(N(Cc3ccncc3)C(=O)CCCS(=O)(=O)c3ccc(C)cc3)nc12. The second-order valence-corrected chi connectivity index (χ2v) is 11.3. The molecule has 0 unspecified atom stereocenters. The molecule has 1 amide bonds. The van der Waals surface area contributed by atoms with Crippen LogP contribution in [-0.2, 0) is 21.2 Å². The molecule has 0 spiro atoms. The number of amides is 1. The van der Waals surface area contributed by atoms with Crippen LogP contribution in [0.1, 0.15) is 24.0 Å². The van der Waals surface area contributed by atoms with Gasteiger partial charge >= 0.3 is 0 Å². The summed E-state index contributed by atoms with van der Waals surface area (Å²) in [6.45, 7) is 2.18. The molecule has 36 heavy (non-hydrogen) atoms. The predicted octanol–water partition coefficient (Wildman–Crippen LogP) is 4.80. The van der Waals surface area contributed by atoms with E-state index in [1.165, 1.54) is 11.3 Å². The molecule has 0 N–H and O–H groups in total. The summed E-state index contributed by atoms with van der Waals surface area (Å²) in [5, 5.41) is 0.482. The number of anilines is 1. The number of thiazole rings is 1. The molecule has 0 aliphatic carbocycles. The van der Waals surface area contributed by atoms with Gasteiger partial charge in [0.15, 0.2) is 15.0 Å². The third-order valence-corrected chi connectivity index (χ3v) is 8.61. The van der Waals surface area contributed by atoms with Crippen LogP contribution in [0.4, 0.5) is 5.13 Å². The Balaban J connectivity index is 1.59. The van der Waals surface area contributed by atoms with Crippen LogP contribution in [0.15, 0.2) is 65.8 Å². The average Bonchev–Trinajstić information content (AvgIpc) is 3.32. The van der Waals surface area contributed by atoms with Crippen molar-refractivity contribution >= 4 is 42.4 Å². The standard InChI is InChI=1S/C26H27N3O5S2/c1-18-6-8-20(9-7-18)36(31,32)16-4-5-23(30)29(17-19-12-14-27-15-13-19)26-28-24-21(33-2)10-11-22(34-3)25(24)35-26/h6-15H,4-5,16-17H2,1-3H3. The van der Waals surface area contributed by atoms with Crippen LogP contribution in [-0.4, -0.2) is 44.3 Å². The van der Waals surface area contributed by atoms with Gasteiger partial charge in [-0.25, -0.2) is 13.4 Å². The summed E-state index contributed by atoms with van der Waals surface area (Å²) in [5.74, 6) is 0.874. The number of carbonyl (C=O) groups excluding carboxylic acids is 1. The van der Waals surface area contributed by atoms with Crippen LogP contribution in [0.3, 0.4) is 0 Å². The zero-order valence-corrected chi connectivity index (χ0v) is 21.9. The topological polar surface area (TPSA) is 98.7 Å². The van der Waals surface area contributed by atoms with E-state index in [0.29, 0.717) is 22.1 Å². The maximum atomic E-state index is 13.4. The molecule has 0 saturated heterocycles. The smallest absolute Gasteiger partial charge is 0.229 e. The molecule has 2 aromatic heterocycles. The Morgan fingerprint density at radius 2 is 1.64 bits per heavy atom. The van der Waals surface area contributed by atoms with Crippen LogP contribution in [0.5, 0.6) is 11.5 Å². The van der Waals surface area contributed by atoms with Crippen molar-refractivity contribution in [2.75, 3.05) is 24.9 Å². The van der Waals surface area contributed by atoms with Crippen LogP contribution >= 0.6 is 11.3 Å². The Kier molecular flexibility index (Phi) is 7.85. The van der Waals surface area contributed by atoms with Crippen molar-refractivity contribution in [1.29, 1.82) is 0 Å².